The van der Waals surface area contributed by atoms with Gasteiger partial charge >= 0.3 is 0 Å². The van der Waals surface area contributed by atoms with Crippen molar-refractivity contribution in [3.05, 3.63) is 70.8 Å². The lowest BCUT2D eigenvalue weighted by Crippen LogP contribution is -2.23. The van der Waals surface area contributed by atoms with Crippen LogP contribution >= 0.6 is 0 Å². The second-order valence-corrected chi connectivity index (χ2v) is 6.01. The predicted octanol–water partition coefficient (Wildman–Crippen LogP) is 4.19. The van der Waals surface area contributed by atoms with Gasteiger partial charge < -0.3 is 5.73 Å². The van der Waals surface area contributed by atoms with E-state index >= 15 is 0 Å². The topological polar surface area (TPSA) is 26.0 Å². The van der Waals surface area contributed by atoms with Crippen LogP contribution in [0, 0.1) is 12.8 Å². The Balaban J connectivity index is 1.86. The smallest absolute Gasteiger partial charge is 0.0329 e. The summed E-state index contributed by atoms with van der Waals surface area (Å²) in [5, 5.41) is 0. The number of hydrogen-bond acceptors (Lipinski definition) is 1. The van der Waals surface area contributed by atoms with Crippen LogP contribution in [0.15, 0.2) is 48.5 Å². The van der Waals surface area contributed by atoms with Crippen LogP contribution in [0.1, 0.15) is 41.1 Å². The highest BCUT2D eigenvalue weighted by Crippen LogP contribution is 2.33. The first kappa shape index (κ1) is 13.4. The Labute approximate surface area is 121 Å². The second-order valence-electron chi connectivity index (χ2n) is 6.01. The molecule has 1 heteroatoms. The van der Waals surface area contributed by atoms with Crippen molar-refractivity contribution >= 4 is 0 Å². The molecule has 0 radical (unpaired) electrons. The Morgan fingerprint density at radius 3 is 2.65 bits per heavy atom. The first-order valence-corrected chi connectivity index (χ1v) is 7.63. The fraction of sp³-hybridized carbons (Fsp3) is 0.368. The summed E-state index contributed by atoms with van der Waals surface area (Å²) in [6.07, 6.45) is 4.75. The van der Waals surface area contributed by atoms with Crippen molar-refractivity contribution in [2.75, 3.05) is 0 Å². The highest BCUT2D eigenvalue weighted by atomic mass is 14.7. The molecule has 0 heterocycles. The molecule has 1 nitrogen and oxygen atoms in total. The molecular formula is C19H23N. The number of rotatable bonds is 2. The van der Waals surface area contributed by atoms with Crippen LogP contribution in [0.2, 0.25) is 0 Å². The van der Waals surface area contributed by atoms with Crippen LogP contribution in [0.3, 0.4) is 0 Å². The molecule has 0 aromatic heterocycles. The van der Waals surface area contributed by atoms with E-state index in [1.165, 1.54) is 41.5 Å². The van der Waals surface area contributed by atoms with Crippen molar-refractivity contribution in [1.29, 1.82) is 0 Å². The Bertz CT molecular complexity index is 588. The fourth-order valence-electron chi connectivity index (χ4n) is 3.43. The number of aryl methyl sites for hydroxylation is 2. The van der Waals surface area contributed by atoms with E-state index in [0.717, 1.165) is 6.42 Å². The third kappa shape index (κ3) is 2.64. The highest BCUT2D eigenvalue weighted by molar-refractivity contribution is 5.33. The minimum Gasteiger partial charge on any atom is -0.324 e. The maximum Gasteiger partial charge on any atom is 0.0329 e. The first-order chi connectivity index (χ1) is 9.75. The molecule has 2 aromatic rings. The lowest BCUT2D eigenvalue weighted by atomic mass is 9.85. The SMILES string of the molecule is Cc1ccccc1CC1CCCc2ccccc2C1N. The maximum atomic E-state index is 6.59. The van der Waals surface area contributed by atoms with Crippen molar-refractivity contribution in [2.24, 2.45) is 11.7 Å². The molecule has 0 spiro atoms. The molecule has 1 aliphatic rings. The molecule has 0 amide bonds. The molecule has 2 unspecified atom stereocenters. The summed E-state index contributed by atoms with van der Waals surface area (Å²) in [5.41, 5.74) is 12.2. The van der Waals surface area contributed by atoms with Crippen LogP contribution in [-0.4, -0.2) is 0 Å². The average molecular weight is 265 g/mol. The largest absolute Gasteiger partial charge is 0.324 e. The molecule has 0 bridgehead atoms. The third-order valence-corrected chi connectivity index (χ3v) is 4.69. The summed E-state index contributed by atoms with van der Waals surface area (Å²) in [6, 6.07) is 17.6. The number of fused-ring (bicyclic) bond motifs is 1. The standard InChI is InChI=1S/C19H23N/c1-14-7-2-3-9-16(14)13-17-11-6-10-15-8-4-5-12-18(15)19(17)20/h2-5,7-9,12,17,19H,6,10-11,13,20H2,1H3. The Kier molecular flexibility index (Phi) is 3.88. The lowest BCUT2D eigenvalue weighted by Gasteiger charge is -2.23. The van der Waals surface area contributed by atoms with Gasteiger partial charge in [-0.3, -0.25) is 0 Å². The Morgan fingerprint density at radius 2 is 1.80 bits per heavy atom. The maximum absolute atomic E-state index is 6.59. The van der Waals surface area contributed by atoms with E-state index in [2.05, 4.69) is 55.5 Å². The van der Waals surface area contributed by atoms with Crippen LogP contribution in [-0.2, 0) is 12.8 Å². The first-order valence-electron chi connectivity index (χ1n) is 7.63. The van der Waals surface area contributed by atoms with Gasteiger partial charge in [-0.25, -0.2) is 0 Å². The Morgan fingerprint density at radius 1 is 1.05 bits per heavy atom. The van der Waals surface area contributed by atoms with Gasteiger partial charge in [0.05, 0.1) is 0 Å². The highest BCUT2D eigenvalue weighted by Gasteiger charge is 2.24. The fourth-order valence-corrected chi connectivity index (χ4v) is 3.43. The minimum atomic E-state index is 0.174. The van der Waals surface area contributed by atoms with Crippen molar-refractivity contribution < 1.29 is 0 Å². The van der Waals surface area contributed by atoms with Gasteiger partial charge in [-0.1, -0.05) is 48.5 Å². The van der Waals surface area contributed by atoms with Gasteiger partial charge in [0.25, 0.3) is 0 Å². The van der Waals surface area contributed by atoms with Gasteiger partial charge in [0.2, 0.25) is 0 Å². The van der Waals surface area contributed by atoms with Crippen LogP contribution in [0.25, 0.3) is 0 Å². The Hall–Kier alpha value is -1.60. The van der Waals surface area contributed by atoms with Gasteiger partial charge in [-0.05, 0) is 60.8 Å². The lowest BCUT2D eigenvalue weighted by molar-refractivity contribution is 0.401. The normalized spacial score (nSPS) is 22.1. The zero-order valence-corrected chi connectivity index (χ0v) is 12.2. The summed E-state index contributed by atoms with van der Waals surface area (Å²) < 4.78 is 0. The van der Waals surface area contributed by atoms with E-state index in [0.29, 0.717) is 5.92 Å². The number of hydrogen-bond donors (Lipinski definition) is 1. The van der Waals surface area contributed by atoms with Gasteiger partial charge in [0.15, 0.2) is 0 Å². The monoisotopic (exact) mass is 265 g/mol. The van der Waals surface area contributed by atoms with E-state index in [1.54, 1.807) is 0 Å². The van der Waals surface area contributed by atoms with Crippen LogP contribution in [0.4, 0.5) is 0 Å². The summed E-state index contributed by atoms with van der Waals surface area (Å²) in [6.45, 7) is 2.20. The molecule has 2 aromatic carbocycles. The van der Waals surface area contributed by atoms with E-state index in [9.17, 15) is 0 Å². The molecule has 20 heavy (non-hydrogen) atoms. The third-order valence-electron chi connectivity index (χ3n) is 4.69. The zero-order chi connectivity index (χ0) is 13.9. The summed E-state index contributed by atoms with van der Waals surface area (Å²) in [5.74, 6) is 0.555. The summed E-state index contributed by atoms with van der Waals surface area (Å²) in [7, 11) is 0. The van der Waals surface area contributed by atoms with Gasteiger partial charge in [0.1, 0.15) is 0 Å². The van der Waals surface area contributed by atoms with E-state index in [4.69, 9.17) is 5.73 Å². The van der Waals surface area contributed by atoms with Crippen molar-refractivity contribution in [3.8, 4) is 0 Å². The zero-order valence-electron chi connectivity index (χ0n) is 12.2. The van der Waals surface area contributed by atoms with E-state index in [-0.39, 0.29) is 6.04 Å². The molecule has 3 rings (SSSR count). The minimum absolute atomic E-state index is 0.174. The number of benzene rings is 2. The van der Waals surface area contributed by atoms with Gasteiger partial charge in [0, 0.05) is 6.04 Å². The predicted molar refractivity (Wildman–Crippen MR) is 84.7 cm³/mol. The molecule has 2 N–H and O–H groups in total. The molecule has 0 saturated heterocycles. The molecule has 104 valence electrons. The van der Waals surface area contributed by atoms with Crippen LogP contribution < -0.4 is 5.73 Å². The van der Waals surface area contributed by atoms with Crippen molar-refractivity contribution in [2.45, 2.75) is 38.6 Å². The molecule has 2 atom stereocenters. The summed E-state index contributed by atoms with van der Waals surface area (Å²) >= 11 is 0. The average Bonchev–Trinajstić information content (AvgIpc) is 2.62. The molecule has 0 aliphatic heterocycles. The van der Waals surface area contributed by atoms with Gasteiger partial charge in [-0.15, -0.1) is 0 Å². The second kappa shape index (κ2) is 5.80. The molecule has 1 aliphatic carbocycles. The summed E-state index contributed by atoms with van der Waals surface area (Å²) in [4.78, 5) is 0. The molecule has 0 fully saturated rings. The van der Waals surface area contributed by atoms with Gasteiger partial charge in [-0.2, -0.15) is 0 Å². The van der Waals surface area contributed by atoms with Crippen molar-refractivity contribution in [1.82, 2.24) is 0 Å². The number of nitrogens with two attached hydrogens (primary N) is 1. The van der Waals surface area contributed by atoms with E-state index < -0.39 is 0 Å². The molecular weight excluding hydrogens is 242 g/mol. The van der Waals surface area contributed by atoms with Crippen molar-refractivity contribution in [3.63, 3.8) is 0 Å². The van der Waals surface area contributed by atoms with Crippen LogP contribution in [0.5, 0.6) is 0 Å². The van der Waals surface area contributed by atoms with E-state index in [1.807, 2.05) is 0 Å². The molecule has 0 saturated carbocycles. The quantitative estimate of drug-likeness (QED) is 0.810.